The fraction of sp³-hybridized carbons (Fsp3) is 0.185. The van der Waals surface area contributed by atoms with Gasteiger partial charge in [-0.1, -0.05) is 67.1 Å². The molecule has 1 aliphatic rings. The topological polar surface area (TPSA) is 58.6 Å². The van der Waals surface area contributed by atoms with Crippen LogP contribution in [-0.2, 0) is 9.59 Å². The first-order valence-corrected chi connectivity index (χ1v) is 10.8. The highest BCUT2D eigenvalue weighted by Gasteiger charge is 2.41. The van der Waals surface area contributed by atoms with Crippen LogP contribution in [0.3, 0.4) is 0 Å². The summed E-state index contributed by atoms with van der Waals surface area (Å²) in [7, 11) is 0. The SMILES string of the molecule is CCCOc1ccccc1N1C(=O)C(Nc2ccc(C)cc2C)=C(c2ccccc2)C1=O. The van der Waals surface area contributed by atoms with E-state index < -0.39 is 5.91 Å². The van der Waals surface area contributed by atoms with Crippen LogP contribution in [0.5, 0.6) is 5.75 Å². The maximum atomic E-state index is 13.6. The lowest BCUT2D eigenvalue weighted by atomic mass is 10.0. The summed E-state index contributed by atoms with van der Waals surface area (Å²) in [6.07, 6.45) is 0.823. The summed E-state index contributed by atoms with van der Waals surface area (Å²) in [6.45, 7) is 6.51. The molecule has 4 rings (SSSR count). The Morgan fingerprint density at radius 3 is 2.31 bits per heavy atom. The molecule has 0 saturated heterocycles. The van der Waals surface area contributed by atoms with Crippen LogP contribution in [0.15, 0.2) is 78.5 Å². The van der Waals surface area contributed by atoms with Crippen molar-refractivity contribution in [3.8, 4) is 5.75 Å². The number of nitrogens with one attached hydrogen (secondary N) is 1. The van der Waals surface area contributed by atoms with Gasteiger partial charge in [-0.05, 0) is 49.6 Å². The summed E-state index contributed by atoms with van der Waals surface area (Å²) in [5.74, 6) is -0.265. The number of amides is 2. The number of anilines is 2. The van der Waals surface area contributed by atoms with Crippen LogP contribution in [0.2, 0.25) is 0 Å². The Bertz CT molecular complexity index is 1200. The van der Waals surface area contributed by atoms with E-state index in [2.05, 4.69) is 5.32 Å². The summed E-state index contributed by atoms with van der Waals surface area (Å²) < 4.78 is 5.84. The summed E-state index contributed by atoms with van der Waals surface area (Å²) in [4.78, 5) is 28.5. The van der Waals surface area contributed by atoms with Gasteiger partial charge in [0.2, 0.25) is 0 Å². The van der Waals surface area contributed by atoms with Gasteiger partial charge in [0.1, 0.15) is 11.4 Å². The van der Waals surface area contributed by atoms with E-state index in [9.17, 15) is 9.59 Å². The number of carbonyl (C=O) groups is 2. The molecule has 0 unspecified atom stereocenters. The largest absolute Gasteiger partial charge is 0.491 e. The predicted octanol–water partition coefficient (Wildman–Crippen LogP) is 5.49. The van der Waals surface area contributed by atoms with Crippen molar-refractivity contribution in [3.05, 3.63) is 95.2 Å². The van der Waals surface area contributed by atoms with Crippen molar-refractivity contribution >= 4 is 28.8 Å². The average Bonchev–Trinajstić information content (AvgIpc) is 3.04. The molecule has 0 aromatic heterocycles. The van der Waals surface area contributed by atoms with E-state index in [0.717, 1.165) is 23.2 Å². The van der Waals surface area contributed by atoms with Crippen molar-refractivity contribution in [2.75, 3.05) is 16.8 Å². The van der Waals surface area contributed by atoms with E-state index in [0.29, 0.717) is 29.2 Å². The standard InChI is InChI=1S/C27H26N2O3/c1-4-16-32-23-13-9-8-12-22(23)29-26(30)24(20-10-6-5-7-11-20)25(27(29)31)28-21-15-14-18(2)17-19(21)3/h5-15,17,28H,4,16H2,1-3H3. The molecular weight excluding hydrogens is 400 g/mol. The van der Waals surface area contributed by atoms with E-state index in [-0.39, 0.29) is 11.6 Å². The fourth-order valence-electron chi connectivity index (χ4n) is 3.80. The van der Waals surface area contributed by atoms with E-state index in [1.807, 2.05) is 75.4 Å². The highest BCUT2D eigenvalue weighted by Crippen LogP contribution is 2.38. The van der Waals surface area contributed by atoms with Crippen LogP contribution in [-0.4, -0.2) is 18.4 Å². The number of carbonyl (C=O) groups excluding carboxylic acids is 2. The quantitative estimate of drug-likeness (QED) is 0.508. The third-order valence-corrected chi connectivity index (χ3v) is 5.36. The molecule has 0 atom stereocenters. The lowest BCUT2D eigenvalue weighted by Gasteiger charge is -2.19. The van der Waals surface area contributed by atoms with Crippen molar-refractivity contribution in [1.29, 1.82) is 0 Å². The molecule has 162 valence electrons. The number of rotatable bonds is 7. The molecule has 0 aliphatic carbocycles. The molecule has 0 fully saturated rings. The molecular formula is C27H26N2O3. The Labute approximate surface area is 188 Å². The van der Waals surface area contributed by atoms with Crippen molar-refractivity contribution in [3.63, 3.8) is 0 Å². The normalized spacial score (nSPS) is 13.7. The number of imide groups is 1. The van der Waals surface area contributed by atoms with E-state index in [1.54, 1.807) is 18.2 Å². The molecule has 5 nitrogen and oxygen atoms in total. The van der Waals surface area contributed by atoms with Crippen molar-refractivity contribution in [2.45, 2.75) is 27.2 Å². The Hall–Kier alpha value is -3.86. The minimum absolute atomic E-state index is 0.262. The van der Waals surface area contributed by atoms with Gasteiger partial charge in [-0.3, -0.25) is 9.59 Å². The van der Waals surface area contributed by atoms with E-state index in [1.165, 1.54) is 4.90 Å². The molecule has 1 N–H and O–H groups in total. The minimum atomic E-state index is -0.402. The van der Waals surface area contributed by atoms with Crippen LogP contribution in [0.25, 0.3) is 5.57 Å². The Morgan fingerprint density at radius 1 is 0.875 bits per heavy atom. The maximum Gasteiger partial charge on any atom is 0.282 e. The first kappa shape index (κ1) is 21.4. The second kappa shape index (κ2) is 9.10. The number of aryl methyl sites for hydroxylation is 2. The van der Waals surface area contributed by atoms with Crippen LogP contribution in [0.4, 0.5) is 11.4 Å². The van der Waals surface area contributed by atoms with Gasteiger partial charge >= 0.3 is 0 Å². The van der Waals surface area contributed by atoms with Crippen LogP contribution < -0.4 is 15.0 Å². The minimum Gasteiger partial charge on any atom is -0.491 e. The van der Waals surface area contributed by atoms with Gasteiger partial charge in [-0.2, -0.15) is 0 Å². The predicted molar refractivity (Wildman–Crippen MR) is 128 cm³/mol. The summed E-state index contributed by atoms with van der Waals surface area (Å²) in [5, 5.41) is 3.25. The zero-order chi connectivity index (χ0) is 22.7. The fourth-order valence-corrected chi connectivity index (χ4v) is 3.80. The third-order valence-electron chi connectivity index (χ3n) is 5.36. The summed E-state index contributed by atoms with van der Waals surface area (Å²) in [5.41, 5.74) is 4.66. The zero-order valence-electron chi connectivity index (χ0n) is 18.5. The number of nitrogens with zero attached hydrogens (tertiary/aromatic N) is 1. The smallest absolute Gasteiger partial charge is 0.282 e. The summed E-state index contributed by atoms with van der Waals surface area (Å²) >= 11 is 0. The van der Waals surface area contributed by atoms with E-state index in [4.69, 9.17) is 4.74 Å². The zero-order valence-corrected chi connectivity index (χ0v) is 18.5. The molecule has 0 saturated carbocycles. The van der Waals surface area contributed by atoms with Gasteiger partial charge in [0, 0.05) is 5.69 Å². The number of para-hydroxylation sites is 2. The molecule has 0 radical (unpaired) electrons. The van der Waals surface area contributed by atoms with Gasteiger partial charge < -0.3 is 10.1 Å². The molecule has 3 aromatic rings. The van der Waals surface area contributed by atoms with Crippen molar-refractivity contribution in [2.24, 2.45) is 0 Å². The van der Waals surface area contributed by atoms with Crippen molar-refractivity contribution in [1.82, 2.24) is 0 Å². The van der Waals surface area contributed by atoms with Crippen LogP contribution in [0.1, 0.15) is 30.0 Å². The number of ether oxygens (including phenoxy) is 1. The third kappa shape index (κ3) is 4.02. The van der Waals surface area contributed by atoms with Gasteiger partial charge in [0.05, 0.1) is 17.9 Å². The van der Waals surface area contributed by atoms with Crippen molar-refractivity contribution < 1.29 is 14.3 Å². The van der Waals surface area contributed by atoms with Crippen LogP contribution >= 0.6 is 0 Å². The summed E-state index contributed by atoms with van der Waals surface area (Å²) in [6, 6.07) is 22.4. The lowest BCUT2D eigenvalue weighted by Crippen LogP contribution is -2.32. The monoisotopic (exact) mass is 426 g/mol. The highest BCUT2D eigenvalue weighted by molar-refractivity contribution is 6.46. The van der Waals surface area contributed by atoms with Gasteiger partial charge in [-0.15, -0.1) is 0 Å². The first-order valence-electron chi connectivity index (χ1n) is 10.8. The van der Waals surface area contributed by atoms with Crippen LogP contribution in [0, 0.1) is 13.8 Å². The Kier molecular flexibility index (Phi) is 6.08. The van der Waals surface area contributed by atoms with Gasteiger partial charge in [-0.25, -0.2) is 4.90 Å². The highest BCUT2D eigenvalue weighted by atomic mass is 16.5. The molecule has 0 spiro atoms. The maximum absolute atomic E-state index is 13.6. The second-order valence-electron chi connectivity index (χ2n) is 7.82. The molecule has 0 bridgehead atoms. The van der Waals surface area contributed by atoms with Gasteiger partial charge in [0.25, 0.3) is 11.8 Å². The first-order chi connectivity index (χ1) is 15.5. The molecule has 5 heteroatoms. The second-order valence-corrected chi connectivity index (χ2v) is 7.82. The Balaban J connectivity index is 1.81. The molecule has 32 heavy (non-hydrogen) atoms. The molecule has 1 heterocycles. The molecule has 2 amide bonds. The number of benzene rings is 3. The van der Waals surface area contributed by atoms with Gasteiger partial charge in [0.15, 0.2) is 0 Å². The Morgan fingerprint density at radius 2 is 1.59 bits per heavy atom. The lowest BCUT2D eigenvalue weighted by molar-refractivity contribution is -0.120. The van der Waals surface area contributed by atoms with E-state index >= 15 is 0 Å². The molecule has 3 aromatic carbocycles. The number of hydrogen-bond acceptors (Lipinski definition) is 4. The average molecular weight is 427 g/mol. The molecule has 1 aliphatic heterocycles. The number of hydrogen-bond donors (Lipinski definition) is 1.